The molecule has 0 unspecified atom stereocenters. The van der Waals surface area contributed by atoms with Gasteiger partial charge in [-0.25, -0.2) is 4.98 Å². The largest absolute Gasteiger partial charge is 0.483 e. The number of nitrogens with one attached hydrogen (secondary N) is 1. The van der Waals surface area contributed by atoms with E-state index in [1.807, 2.05) is 78.2 Å². The van der Waals surface area contributed by atoms with Crippen molar-refractivity contribution >= 4 is 33.1 Å². The molecule has 0 saturated carbocycles. The zero-order valence-corrected chi connectivity index (χ0v) is 14.7. The molecule has 4 rings (SSSR count). The monoisotopic (exact) mass is 360 g/mol. The third kappa shape index (κ3) is 3.58. The van der Waals surface area contributed by atoms with Crippen LogP contribution in [0.2, 0.25) is 0 Å². The van der Waals surface area contributed by atoms with Crippen LogP contribution in [0.25, 0.3) is 22.0 Å². The average Bonchev–Trinajstić information content (AvgIpc) is 3.15. The Hall–Kier alpha value is -3.18. The summed E-state index contributed by atoms with van der Waals surface area (Å²) in [6, 6.07) is 23.6. The number of rotatable bonds is 5. The molecule has 1 heterocycles. The van der Waals surface area contributed by atoms with E-state index in [4.69, 9.17) is 4.74 Å². The summed E-state index contributed by atoms with van der Waals surface area (Å²) in [5.41, 5.74) is 1.87. The maximum Gasteiger partial charge on any atom is 0.264 e. The highest BCUT2D eigenvalue weighted by Gasteiger charge is 2.09. The second-order valence-electron chi connectivity index (χ2n) is 5.72. The van der Waals surface area contributed by atoms with Crippen LogP contribution in [-0.4, -0.2) is 17.5 Å². The summed E-state index contributed by atoms with van der Waals surface area (Å²) in [6.07, 6.45) is 0. The number of amides is 1. The molecule has 128 valence electrons. The van der Waals surface area contributed by atoms with Crippen LogP contribution < -0.4 is 10.1 Å². The molecule has 3 aromatic carbocycles. The standard InChI is InChI=1S/C21H16N2O2S/c24-20(13-25-19-12-6-10-15-7-4-5-11-17(15)19)23-21-22-18(14-26-21)16-8-2-1-3-9-16/h1-12,14H,13H2,(H,22,23,24). The average molecular weight is 360 g/mol. The fourth-order valence-corrected chi connectivity index (χ4v) is 3.43. The Balaban J connectivity index is 1.41. The van der Waals surface area contributed by atoms with E-state index in [0.29, 0.717) is 10.9 Å². The molecular weight excluding hydrogens is 344 g/mol. The van der Waals surface area contributed by atoms with Crippen molar-refractivity contribution in [1.82, 2.24) is 4.98 Å². The maximum atomic E-state index is 12.2. The molecule has 0 aliphatic heterocycles. The van der Waals surface area contributed by atoms with Crippen molar-refractivity contribution < 1.29 is 9.53 Å². The molecule has 0 spiro atoms. The van der Waals surface area contributed by atoms with Crippen LogP contribution in [0, 0.1) is 0 Å². The maximum absolute atomic E-state index is 12.2. The number of anilines is 1. The first-order valence-corrected chi connectivity index (χ1v) is 9.09. The van der Waals surface area contributed by atoms with Crippen molar-refractivity contribution in [3.8, 4) is 17.0 Å². The summed E-state index contributed by atoms with van der Waals surface area (Å²) in [4.78, 5) is 16.7. The van der Waals surface area contributed by atoms with Crippen LogP contribution in [-0.2, 0) is 4.79 Å². The Morgan fingerprint density at radius 2 is 1.73 bits per heavy atom. The normalized spacial score (nSPS) is 10.6. The zero-order valence-electron chi connectivity index (χ0n) is 13.9. The Labute approximate surface area is 155 Å². The van der Waals surface area contributed by atoms with Gasteiger partial charge in [-0.2, -0.15) is 0 Å². The Morgan fingerprint density at radius 3 is 2.62 bits per heavy atom. The Kier molecular flexibility index (Phi) is 4.62. The van der Waals surface area contributed by atoms with Gasteiger partial charge < -0.3 is 4.74 Å². The van der Waals surface area contributed by atoms with E-state index >= 15 is 0 Å². The van der Waals surface area contributed by atoms with Gasteiger partial charge in [-0.05, 0) is 11.5 Å². The fraction of sp³-hybridized carbons (Fsp3) is 0.0476. The van der Waals surface area contributed by atoms with Gasteiger partial charge in [0.1, 0.15) is 5.75 Å². The Morgan fingerprint density at radius 1 is 0.962 bits per heavy atom. The summed E-state index contributed by atoms with van der Waals surface area (Å²) >= 11 is 1.40. The van der Waals surface area contributed by atoms with Crippen molar-refractivity contribution in [2.45, 2.75) is 0 Å². The van der Waals surface area contributed by atoms with Gasteiger partial charge in [-0.3, -0.25) is 10.1 Å². The van der Waals surface area contributed by atoms with Gasteiger partial charge in [-0.15, -0.1) is 11.3 Å². The predicted molar refractivity (Wildman–Crippen MR) is 106 cm³/mol. The summed E-state index contributed by atoms with van der Waals surface area (Å²) in [5, 5.41) is 7.36. The number of hydrogen-bond donors (Lipinski definition) is 1. The molecule has 1 N–H and O–H groups in total. The zero-order chi connectivity index (χ0) is 17.8. The minimum absolute atomic E-state index is 0.0613. The van der Waals surface area contributed by atoms with Gasteiger partial charge in [-0.1, -0.05) is 66.7 Å². The first-order chi connectivity index (χ1) is 12.8. The Bertz CT molecular complexity index is 1040. The van der Waals surface area contributed by atoms with Crippen molar-refractivity contribution in [2.24, 2.45) is 0 Å². The number of carbonyl (C=O) groups excluding carboxylic acids is 1. The van der Waals surface area contributed by atoms with Gasteiger partial charge in [0.15, 0.2) is 11.7 Å². The van der Waals surface area contributed by atoms with Gasteiger partial charge in [0.25, 0.3) is 5.91 Å². The number of ether oxygens (including phenoxy) is 1. The van der Waals surface area contributed by atoms with E-state index in [9.17, 15) is 4.79 Å². The number of aromatic nitrogens is 1. The molecule has 0 atom stereocenters. The summed E-state index contributed by atoms with van der Waals surface area (Å²) in [7, 11) is 0. The van der Waals surface area contributed by atoms with Crippen LogP contribution in [0.1, 0.15) is 0 Å². The third-order valence-corrected chi connectivity index (χ3v) is 4.69. The van der Waals surface area contributed by atoms with E-state index in [-0.39, 0.29) is 12.5 Å². The van der Waals surface area contributed by atoms with Crippen LogP contribution >= 0.6 is 11.3 Å². The SMILES string of the molecule is O=C(COc1cccc2ccccc12)Nc1nc(-c2ccccc2)cs1. The highest BCUT2D eigenvalue weighted by molar-refractivity contribution is 7.14. The van der Waals surface area contributed by atoms with Crippen molar-refractivity contribution in [2.75, 3.05) is 11.9 Å². The fourth-order valence-electron chi connectivity index (χ4n) is 2.69. The number of carbonyl (C=O) groups is 1. The minimum atomic E-state index is -0.230. The number of benzene rings is 3. The van der Waals surface area contributed by atoms with Crippen molar-refractivity contribution in [3.63, 3.8) is 0 Å². The molecule has 0 bridgehead atoms. The third-order valence-electron chi connectivity index (χ3n) is 3.93. The van der Waals surface area contributed by atoms with Gasteiger partial charge >= 0.3 is 0 Å². The lowest BCUT2D eigenvalue weighted by atomic mass is 10.1. The first kappa shape index (κ1) is 16.3. The van der Waals surface area contributed by atoms with E-state index in [2.05, 4.69) is 10.3 Å². The van der Waals surface area contributed by atoms with Gasteiger partial charge in [0.05, 0.1) is 5.69 Å². The molecule has 26 heavy (non-hydrogen) atoms. The van der Waals surface area contributed by atoms with Crippen molar-refractivity contribution in [1.29, 1.82) is 0 Å². The predicted octanol–water partition coefficient (Wildman–Crippen LogP) is 4.98. The van der Waals surface area contributed by atoms with Crippen LogP contribution in [0.5, 0.6) is 5.75 Å². The molecule has 4 nitrogen and oxygen atoms in total. The molecule has 4 aromatic rings. The second-order valence-corrected chi connectivity index (χ2v) is 6.58. The molecule has 0 saturated heterocycles. The van der Waals surface area contributed by atoms with Gasteiger partial charge in [0.2, 0.25) is 0 Å². The number of fused-ring (bicyclic) bond motifs is 1. The number of hydrogen-bond acceptors (Lipinski definition) is 4. The summed E-state index contributed by atoms with van der Waals surface area (Å²) in [5.74, 6) is 0.467. The lowest BCUT2D eigenvalue weighted by Gasteiger charge is -2.08. The number of nitrogens with zero attached hydrogens (tertiary/aromatic N) is 1. The summed E-state index contributed by atoms with van der Waals surface area (Å²) in [6.45, 7) is -0.0613. The van der Waals surface area contributed by atoms with E-state index in [1.54, 1.807) is 0 Å². The highest BCUT2D eigenvalue weighted by atomic mass is 32.1. The molecule has 0 aliphatic rings. The van der Waals surface area contributed by atoms with Crippen molar-refractivity contribution in [3.05, 3.63) is 78.2 Å². The second kappa shape index (κ2) is 7.37. The van der Waals surface area contributed by atoms with Crippen LogP contribution in [0.4, 0.5) is 5.13 Å². The summed E-state index contributed by atoms with van der Waals surface area (Å²) < 4.78 is 5.71. The molecule has 0 aliphatic carbocycles. The lowest BCUT2D eigenvalue weighted by Crippen LogP contribution is -2.20. The molecule has 5 heteroatoms. The van der Waals surface area contributed by atoms with E-state index in [1.165, 1.54) is 11.3 Å². The highest BCUT2D eigenvalue weighted by Crippen LogP contribution is 2.26. The quantitative estimate of drug-likeness (QED) is 0.546. The van der Waals surface area contributed by atoms with E-state index in [0.717, 1.165) is 22.0 Å². The lowest BCUT2D eigenvalue weighted by molar-refractivity contribution is -0.118. The topological polar surface area (TPSA) is 51.2 Å². The molecular formula is C21H16N2O2S. The number of thiazole rings is 1. The molecule has 1 aromatic heterocycles. The first-order valence-electron chi connectivity index (χ1n) is 8.21. The van der Waals surface area contributed by atoms with E-state index < -0.39 is 0 Å². The molecule has 0 fully saturated rings. The minimum Gasteiger partial charge on any atom is -0.483 e. The van der Waals surface area contributed by atoms with Crippen LogP contribution in [0.15, 0.2) is 78.2 Å². The molecule has 1 amide bonds. The van der Waals surface area contributed by atoms with Crippen LogP contribution in [0.3, 0.4) is 0 Å². The smallest absolute Gasteiger partial charge is 0.264 e. The van der Waals surface area contributed by atoms with Gasteiger partial charge in [0, 0.05) is 16.3 Å². The molecule has 0 radical (unpaired) electrons.